The molecule has 1 aromatic carbocycles. The zero-order valence-electron chi connectivity index (χ0n) is 9.69. The van der Waals surface area contributed by atoms with E-state index in [1.165, 1.54) is 6.07 Å². The molecule has 94 valence electrons. The van der Waals surface area contributed by atoms with Crippen molar-refractivity contribution in [2.45, 2.75) is 13.3 Å². The Bertz CT molecular complexity index is 389. The highest BCUT2D eigenvalue weighted by Gasteiger charge is 2.15. The van der Waals surface area contributed by atoms with E-state index in [0.717, 1.165) is 6.42 Å². The van der Waals surface area contributed by atoms with E-state index in [2.05, 4.69) is 0 Å². The lowest BCUT2D eigenvalue weighted by atomic mass is 10.1. The van der Waals surface area contributed by atoms with Gasteiger partial charge in [0.15, 0.2) is 0 Å². The molecule has 0 unspecified atom stereocenters. The molecule has 0 radical (unpaired) electrons. The molecule has 1 rings (SSSR count). The molecule has 2 N–H and O–H groups in total. The molecular formula is C12H16ClNO3. The van der Waals surface area contributed by atoms with E-state index < -0.39 is 5.97 Å². The highest BCUT2D eigenvalue weighted by molar-refractivity contribution is 6.31. The predicted octanol–water partition coefficient (Wildman–Crippen LogP) is 2.25. The Morgan fingerprint density at radius 1 is 1.41 bits per heavy atom. The largest absolute Gasteiger partial charge is 0.478 e. The first-order valence-electron chi connectivity index (χ1n) is 5.48. The summed E-state index contributed by atoms with van der Waals surface area (Å²) in [6.45, 7) is 3.10. The minimum Gasteiger partial charge on any atom is -0.478 e. The minimum atomic E-state index is -1.01. The summed E-state index contributed by atoms with van der Waals surface area (Å²) in [5.41, 5.74) is 0.761. The number of aromatic carboxylic acids is 1. The van der Waals surface area contributed by atoms with Gasteiger partial charge in [0.1, 0.15) is 0 Å². The van der Waals surface area contributed by atoms with Gasteiger partial charge >= 0.3 is 5.97 Å². The number of carboxylic acids is 1. The van der Waals surface area contributed by atoms with Crippen LogP contribution in [0, 0.1) is 0 Å². The summed E-state index contributed by atoms with van der Waals surface area (Å²) in [7, 11) is 0. The Kier molecular flexibility index (Phi) is 5.25. The summed E-state index contributed by atoms with van der Waals surface area (Å²) in [6, 6.07) is 4.76. The molecule has 4 nitrogen and oxygen atoms in total. The molecule has 17 heavy (non-hydrogen) atoms. The van der Waals surface area contributed by atoms with E-state index in [4.69, 9.17) is 21.8 Å². The molecule has 0 aromatic heterocycles. The van der Waals surface area contributed by atoms with Gasteiger partial charge in [-0.15, -0.1) is 0 Å². The lowest BCUT2D eigenvalue weighted by Crippen LogP contribution is -2.29. The van der Waals surface area contributed by atoms with Crippen LogP contribution in [0.2, 0.25) is 5.02 Å². The maximum Gasteiger partial charge on any atom is 0.337 e. The van der Waals surface area contributed by atoms with Gasteiger partial charge in [-0.2, -0.15) is 0 Å². The molecule has 0 atom stereocenters. The van der Waals surface area contributed by atoms with Crippen molar-refractivity contribution in [1.29, 1.82) is 0 Å². The molecule has 0 aliphatic rings. The summed E-state index contributed by atoms with van der Waals surface area (Å²) in [4.78, 5) is 13.0. The first-order chi connectivity index (χ1) is 8.10. The van der Waals surface area contributed by atoms with E-state index in [0.29, 0.717) is 23.8 Å². The van der Waals surface area contributed by atoms with Crippen LogP contribution in [0.25, 0.3) is 0 Å². The first-order valence-corrected chi connectivity index (χ1v) is 5.86. The Morgan fingerprint density at radius 3 is 2.65 bits per heavy atom. The molecule has 0 saturated carbocycles. The van der Waals surface area contributed by atoms with Crippen molar-refractivity contribution in [1.82, 2.24) is 0 Å². The highest BCUT2D eigenvalue weighted by atomic mass is 35.5. The van der Waals surface area contributed by atoms with E-state index in [1.54, 1.807) is 12.1 Å². The maximum absolute atomic E-state index is 11.1. The number of carboxylic acid groups (broad SMARTS) is 1. The number of hydrogen-bond donors (Lipinski definition) is 2. The van der Waals surface area contributed by atoms with Crippen LogP contribution in [0.3, 0.4) is 0 Å². The molecule has 0 heterocycles. The molecule has 0 aliphatic carbocycles. The number of aliphatic hydroxyl groups excluding tert-OH is 1. The second-order valence-electron chi connectivity index (χ2n) is 3.68. The molecule has 0 aliphatic heterocycles. The van der Waals surface area contributed by atoms with Crippen LogP contribution in [-0.2, 0) is 0 Å². The highest BCUT2D eigenvalue weighted by Crippen LogP contribution is 2.24. The molecule has 0 bridgehead atoms. The summed E-state index contributed by atoms with van der Waals surface area (Å²) >= 11 is 5.79. The Balaban J connectivity index is 3.12. The Hall–Kier alpha value is -1.26. The number of rotatable bonds is 6. The molecule has 1 aromatic rings. The molecule has 5 heteroatoms. The van der Waals surface area contributed by atoms with Gasteiger partial charge in [-0.25, -0.2) is 4.79 Å². The van der Waals surface area contributed by atoms with Crippen LogP contribution in [0.15, 0.2) is 18.2 Å². The zero-order valence-corrected chi connectivity index (χ0v) is 10.4. The number of hydrogen-bond acceptors (Lipinski definition) is 3. The summed E-state index contributed by atoms with van der Waals surface area (Å²) in [6.07, 6.45) is 0.877. The minimum absolute atomic E-state index is 0.0122. The molecular weight excluding hydrogens is 242 g/mol. The van der Waals surface area contributed by atoms with E-state index in [9.17, 15) is 4.79 Å². The fourth-order valence-electron chi connectivity index (χ4n) is 1.70. The van der Waals surface area contributed by atoms with Gasteiger partial charge in [-0.3, -0.25) is 0 Å². The van der Waals surface area contributed by atoms with Gasteiger partial charge in [-0.05, 0) is 24.6 Å². The molecule has 0 spiro atoms. The van der Waals surface area contributed by atoms with Crippen LogP contribution in [0.4, 0.5) is 5.69 Å². The first kappa shape index (κ1) is 13.8. The third-order valence-corrected chi connectivity index (χ3v) is 2.63. The summed E-state index contributed by atoms with van der Waals surface area (Å²) in [5, 5.41) is 18.5. The number of benzene rings is 1. The van der Waals surface area contributed by atoms with E-state index >= 15 is 0 Å². The fraction of sp³-hybridized carbons (Fsp3) is 0.417. The van der Waals surface area contributed by atoms with Crippen molar-refractivity contribution in [2.24, 2.45) is 0 Å². The van der Waals surface area contributed by atoms with E-state index in [1.807, 2.05) is 11.8 Å². The molecule has 0 amide bonds. The maximum atomic E-state index is 11.1. The SMILES string of the molecule is CCCN(CCO)c1ccc(Cl)cc1C(=O)O. The summed E-state index contributed by atoms with van der Waals surface area (Å²) < 4.78 is 0. The lowest BCUT2D eigenvalue weighted by molar-refractivity contribution is 0.0697. The third kappa shape index (κ3) is 3.61. The fourth-order valence-corrected chi connectivity index (χ4v) is 1.87. The average Bonchev–Trinajstić information content (AvgIpc) is 2.28. The third-order valence-electron chi connectivity index (χ3n) is 2.39. The van der Waals surface area contributed by atoms with Crippen LogP contribution in [-0.4, -0.2) is 35.9 Å². The van der Waals surface area contributed by atoms with Crippen molar-refractivity contribution in [3.8, 4) is 0 Å². The smallest absolute Gasteiger partial charge is 0.337 e. The van der Waals surface area contributed by atoms with Crippen molar-refractivity contribution in [3.63, 3.8) is 0 Å². The van der Waals surface area contributed by atoms with Gasteiger partial charge in [0.05, 0.1) is 17.9 Å². The Morgan fingerprint density at radius 2 is 2.12 bits per heavy atom. The van der Waals surface area contributed by atoms with Crippen molar-refractivity contribution < 1.29 is 15.0 Å². The van der Waals surface area contributed by atoms with Gasteiger partial charge in [0.2, 0.25) is 0 Å². The van der Waals surface area contributed by atoms with Gasteiger partial charge < -0.3 is 15.1 Å². The van der Waals surface area contributed by atoms with Gasteiger partial charge in [0.25, 0.3) is 0 Å². The van der Waals surface area contributed by atoms with Crippen molar-refractivity contribution in [2.75, 3.05) is 24.6 Å². The zero-order chi connectivity index (χ0) is 12.8. The number of carbonyl (C=O) groups is 1. The van der Waals surface area contributed by atoms with Crippen LogP contribution in [0.5, 0.6) is 0 Å². The summed E-state index contributed by atoms with van der Waals surface area (Å²) in [5.74, 6) is -1.01. The average molecular weight is 258 g/mol. The number of nitrogens with zero attached hydrogens (tertiary/aromatic N) is 1. The standard InChI is InChI=1S/C12H16ClNO3/c1-2-5-14(6-7-15)11-4-3-9(13)8-10(11)12(16)17/h3-4,8,15H,2,5-7H2,1H3,(H,16,17). The number of halogens is 1. The number of anilines is 1. The normalized spacial score (nSPS) is 10.3. The predicted molar refractivity (Wildman–Crippen MR) is 68.0 cm³/mol. The second kappa shape index (κ2) is 6.47. The van der Waals surface area contributed by atoms with Gasteiger partial charge in [-0.1, -0.05) is 18.5 Å². The lowest BCUT2D eigenvalue weighted by Gasteiger charge is -2.25. The second-order valence-corrected chi connectivity index (χ2v) is 4.11. The van der Waals surface area contributed by atoms with E-state index in [-0.39, 0.29) is 12.2 Å². The number of aliphatic hydroxyl groups is 1. The molecule has 0 fully saturated rings. The Labute approximate surface area is 105 Å². The topological polar surface area (TPSA) is 60.8 Å². The monoisotopic (exact) mass is 257 g/mol. The van der Waals surface area contributed by atoms with Gasteiger partial charge in [0, 0.05) is 18.1 Å². The molecule has 0 saturated heterocycles. The van der Waals surface area contributed by atoms with Crippen LogP contribution >= 0.6 is 11.6 Å². The quantitative estimate of drug-likeness (QED) is 0.821. The van der Waals surface area contributed by atoms with Crippen molar-refractivity contribution >= 4 is 23.3 Å². The van der Waals surface area contributed by atoms with Crippen LogP contribution in [0.1, 0.15) is 23.7 Å². The van der Waals surface area contributed by atoms with Crippen molar-refractivity contribution in [3.05, 3.63) is 28.8 Å². The van der Waals surface area contributed by atoms with Crippen LogP contribution < -0.4 is 4.90 Å².